The van der Waals surface area contributed by atoms with Gasteiger partial charge in [-0.2, -0.15) is 0 Å². The zero-order valence-corrected chi connectivity index (χ0v) is 14.6. The first kappa shape index (κ1) is 17.4. The van der Waals surface area contributed by atoms with Crippen molar-refractivity contribution in [3.05, 3.63) is 28.2 Å². The van der Waals surface area contributed by atoms with Crippen LogP contribution in [-0.2, 0) is 20.0 Å². The van der Waals surface area contributed by atoms with Crippen LogP contribution in [0.4, 0.5) is 5.69 Å². The van der Waals surface area contributed by atoms with Crippen LogP contribution in [0.25, 0.3) is 0 Å². The molecule has 0 aliphatic carbocycles. The molecule has 1 rings (SSSR count). The number of halogens is 1. The molecule has 1 aromatic carbocycles. The van der Waals surface area contributed by atoms with Gasteiger partial charge < -0.3 is 0 Å². The van der Waals surface area contributed by atoms with Crippen molar-refractivity contribution in [3.63, 3.8) is 0 Å². The Morgan fingerprint density at radius 1 is 1.20 bits per heavy atom. The first-order chi connectivity index (χ1) is 9.00. The molecule has 0 spiro atoms. The molecule has 0 atom stereocenters. The number of sulfonamides is 2. The van der Waals surface area contributed by atoms with Gasteiger partial charge >= 0.3 is 0 Å². The van der Waals surface area contributed by atoms with E-state index in [4.69, 9.17) is 0 Å². The molecule has 6 nitrogen and oxygen atoms in total. The second-order valence-corrected chi connectivity index (χ2v) is 9.03. The van der Waals surface area contributed by atoms with Gasteiger partial charge in [-0.05, 0) is 24.6 Å². The predicted molar refractivity (Wildman–Crippen MR) is 83.9 cm³/mol. The minimum absolute atomic E-state index is 0.0113. The summed E-state index contributed by atoms with van der Waals surface area (Å²) < 4.78 is 49.9. The van der Waals surface area contributed by atoms with Gasteiger partial charge in [-0.15, -0.1) is 0 Å². The van der Waals surface area contributed by atoms with Crippen LogP contribution in [0, 0.1) is 6.92 Å². The van der Waals surface area contributed by atoms with Crippen LogP contribution in [-0.4, -0.2) is 42.4 Å². The van der Waals surface area contributed by atoms with Gasteiger partial charge in [-0.1, -0.05) is 22.0 Å². The van der Waals surface area contributed by atoms with Gasteiger partial charge in [0.05, 0.1) is 18.2 Å². The van der Waals surface area contributed by atoms with Crippen molar-refractivity contribution in [1.29, 1.82) is 0 Å². The quantitative estimate of drug-likeness (QED) is 0.794. The lowest BCUT2D eigenvalue weighted by atomic mass is 10.2. The normalized spacial score (nSPS) is 12.4. The third-order valence-electron chi connectivity index (χ3n) is 2.52. The lowest BCUT2D eigenvalue weighted by molar-refractivity contribution is 0.583. The SMILES string of the molecule is Cc1ccc(N(CCNS(C)(=O)=O)S(C)(=O)=O)cc1Br. The molecule has 1 N–H and O–H groups in total. The summed E-state index contributed by atoms with van der Waals surface area (Å²) in [6.45, 7) is 1.93. The van der Waals surface area contributed by atoms with Crippen molar-refractivity contribution in [2.24, 2.45) is 0 Å². The first-order valence-electron chi connectivity index (χ1n) is 5.69. The third kappa shape index (κ3) is 5.39. The number of hydrogen-bond acceptors (Lipinski definition) is 4. The molecule has 0 heterocycles. The van der Waals surface area contributed by atoms with Crippen LogP contribution < -0.4 is 9.03 Å². The Hall–Kier alpha value is -0.640. The maximum atomic E-state index is 11.8. The molecule has 20 heavy (non-hydrogen) atoms. The lowest BCUT2D eigenvalue weighted by Crippen LogP contribution is -2.37. The number of benzene rings is 1. The number of nitrogens with one attached hydrogen (secondary N) is 1. The van der Waals surface area contributed by atoms with E-state index in [-0.39, 0.29) is 13.1 Å². The molecule has 0 bridgehead atoms. The average molecular weight is 385 g/mol. The second-order valence-electron chi connectivity index (χ2n) is 4.44. The zero-order valence-electron chi connectivity index (χ0n) is 11.4. The molecule has 9 heteroatoms. The molecule has 1 aromatic rings. The monoisotopic (exact) mass is 384 g/mol. The van der Waals surface area contributed by atoms with E-state index in [1.807, 2.05) is 6.92 Å². The maximum Gasteiger partial charge on any atom is 0.232 e. The lowest BCUT2D eigenvalue weighted by Gasteiger charge is -2.23. The van der Waals surface area contributed by atoms with Crippen LogP contribution in [0.5, 0.6) is 0 Å². The van der Waals surface area contributed by atoms with E-state index in [9.17, 15) is 16.8 Å². The minimum Gasteiger partial charge on any atom is -0.269 e. The highest BCUT2D eigenvalue weighted by molar-refractivity contribution is 9.10. The average Bonchev–Trinajstić information content (AvgIpc) is 2.25. The van der Waals surface area contributed by atoms with Crippen molar-refractivity contribution in [2.45, 2.75) is 6.92 Å². The summed E-state index contributed by atoms with van der Waals surface area (Å²) in [5.41, 5.74) is 1.47. The molecule has 114 valence electrons. The van der Waals surface area contributed by atoms with Crippen molar-refractivity contribution >= 4 is 41.7 Å². The topological polar surface area (TPSA) is 83.6 Å². The molecule has 0 aromatic heterocycles. The van der Waals surface area contributed by atoms with Crippen molar-refractivity contribution in [2.75, 3.05) is 29.9 Å². The number of anilines is 1. The largest absolute Gasteiger partial charge is 0.269 e. The second kappa shape index (κ2) is 6.42. The maximum absolute atomic E-state index is 11.8. The predicted octanol–water partition coefficient (Wildman–Crippen LogP) is 1.07. The van der Waals surface area contributed by atoms with Crippen molar-refractivity contribution < 1.29 is 16.8 Å². The van der Waals surface area contributed by atoms with E-state index in [2.05, 4.69) is 20.7 Å². The number of aryl methyl sites for hydroxylation is 1. The van der Waals surface area contributed by atoms with Gasteiger partial charge in [0.2, 0.25) is 20.0 Å². The fourth-order valence-corrected chi connectivity index (χ4v) is 3.30. The number of nitrogens with zero attached hydrogens (tertiary/aromatic N) is 1. The summed E-state index contributed by atoms with van der Waals surface area (Å²) >= 11 is 3.35. The standard InChI is InChI=1S/C11H17BrN2O4S2/c1-9-4-5-10(8-11(9)12)14(20(3,17)18)7-6-13-19(2,15)16/h4-5,8,13H,6-7H2,1-3H3. The molecule has 0 amide bonds. The van der Waals surface area contributed by atoms with Crippen LogP contribution >= 0.6 is 15.9 Å². The minimum atomic E-state index is -3.49. The Balaban J connectivity index is 2.99. The molecule has 0 saturated carbocycles. The summed E-state index contributed by atoms with van der Waals surface area (Å²) in [6.07, 6.45) is 2.11. The van der Waals surface area contributed by atoms with Crippen LogP contribution in [0.3, 0.4) is 0 Å². The first-order valence-corrected chi connectivity index (χ1v) is 10.2. The molecule has 0 unspecified atom stereocenters. The fraction of sp³-hybridized carbons (Fsp3) is 0.455. The molecule has 0 saturated heterocycles. The van der Waals surface area contributed by atoms with Gasteiger partial charge in [0, 0.05) is 17.6 Å². The molecule has 0 radical (unpaired) electrons. The number of hydrogen-bond donors (Lipinski definition) is 1. The Morgan fingerprint density at radius 3 is 2.25 bits per heavy atom. The fourth-order valence-electron chi connectivity index (χ4n) is 1.56. The van der Waals surface area contributed by atoms with E-state index in [1.165, 1.54) is 0 Å². The van der Waals surface area contributed by atoms with Crippen LogP contribution in [0.1, 0.15) is 5.56 Å². The van der Waals surface area contributed by atoms with E-state index in [1.54, 1.807) is 18.2 Å². The Labute approximate surface area is 128 Å². The highest BCUT2D eigenvalue weighted by atomic mass is 79.9. The highest BCUT2D eigenvalue weighted by Gasteiger charge is 2.18. The van der Waals surface area contributed by atoms with Crippen molar-refractivity contribution in [1.82, 2.24) is 4.72 Å². The van der Waals surface area contributed by atoms with Gasteiger partial charge in [-0.25, -0.2) is 21.6 Å². The van der Waals surface area contributed by atoms with Crippen LogP contribution in [0.2, 0.25) is 0 Å². The van der Waals surface area contributed by atoms with Gasteiger partial charge in [0.25, 0.3) is 0 Å². The Kier molecular flexibility index (Phi) is 5.59. The zero-order chi connectivity index (χ0) is 15.6. The van der Waals surface area contributed by atoms with Crippen LogP contribution in [0.15, 0.2) is 22.7 Å². The van der Waals surface area contributed by atoms with E-state index in [0.717, 1.165) is 26.9 Å². The molecule has 0 fully saturated rings. The summed E-state index contributed by atoms with van der Waals surface area (Å²) in [6, 6.07) is 5.17. The van der Waals surface area contributed by atoms with Gasteiger partial charge in [-0.3, -0.25) is 4.31 Å². The molecular formula is C11H17BrN2O4S2. The Bertz CT molecular complexity index is 686. The van der Waals surface area contributed by atoms with E-state index >= 15 is 0 Å². The summed E-state index contributed by atoms with van der Waals surface area (Å²) in [5.74, 6) is 0. The smallest absolute Gasteiger partial charge is 0.232 e. The summed E-state index contributed by atoms with van der Waals surface area (Å²) in [5, 5.41) is 0. The number of rotatable bonds is 6. The summed E-state index contributed by atoms with van der Waals surface area (Å²) in [7, 11) is -6.83. The van der Waals surface area contributed by atoms with Crippen molar-refractivity contribution in [3.8, 4) is 0 Å². The highest BCUT2D eigenvalue weighted by Crippen LogP contribution is 2.24. The van der Waals surface area contributed by atoms with E-state index in [0.29, 0.717) is 5.69 Å². The van der Waals surface area contributed by atoms with E-state index < -0.39 is 20.0 Å². The molecule has 0 aliphatic heterocycles. The Morgan fingerprint density at radius 2 is 1.80 bits per heavy atom. The van der Waals surface area contributed by atoms with Gasteiger partial charge in [0.15, 0.2) is 0 Å². The third-order valence-corrected chi connectivity index (χ3v) is 5.30. The van der Waals surface area contributed by atoms with Gasteiger partial charge in [0.1, 0.15) is 0 Å². The molecule has 0 aliphatic rings. The molecular weight excluding hydrogens is 368 g/mol. The summed E-state index contributed by atoms with van der Waals surface area (Å²) in [4.78, 5) is 0.